The lowest BCUT2D eigenvalue weighted by molar-refractivity contribution is -0.138. The molecular weight excluding hydrogens is 917 g/mol. The van der Waals surface area contributed by atoms with Crippen LogP contribution >= 0.6 is 0 Å². The van der Waals surface area contributed by atoms with E-state index in [1.807, 2.05) is 25.2 Å². The minimum Gasteiger partial charge on any atom is -0.494 e. The average Bonchev–Trinajstić information content (AvgIpc) is 3.32. The van der Waals surface area contributed by atoms with Crippen LogP contribution < -0.4 is 41.4 Å². The number of ether oxygens (including phenoxy) is 5. The quantitative estimate of drug-likeness (QED) is 0.0384. The largest absolute Gasteiger partial charge is 0.494 e. The summed E-state index contributed by atoms with van der Waals surface area (Å²) < 4.78 is 56.2. The van der Waals surface area contributed by atoms with Gasteiger partial charge < -0.3 is 60.7 Å². The van der Waals surface area contributed by atoms with E-state index in [1.54, 1.807) is 26.0 Å². The van der Waals surface area contributed by atoms with Gasteiger partial charge in [-0.15, -0.1) is 0 Å². The number of fused-ring (bicyclic) bond motifs is 1. The standard InChI is InChI=1S/C47H68N8O13S/c1-33-28-39(68-21-5-7-41(56)49-17-18-50-42(57)31-66-27-25-65-23-20-51-43(58)32-67-26-24-64-22-19-48-3)29-34(2)44(33)69(62,63)55-40(47(60)61)30-53-46(59)37-11-8-35(9-12-37)10-14-38-15-13-36-6-4-16-52-45(36)54-38/h8-9,11-13,15,28-29,40,48,55H,4-7,10,14,16-27,30-32H2,1-3H3,(H,49,56)(H,50,57)(H,51,58)(H,52,54)(H,53,59)(H,60,61)/t40-/m1/s1. The predicted octanol–water partition coefficient (Wildman–Crippen LogP) is 0.797. The molecule has 0 aliphatic carbocycles. The third-order valence-electron chi connectivity index (χ3n) is 10.5. The minimum atomic E-state index is -4.36. The second-order valence-corrected chi connectivity index (χ2v) is 17.7. The topological polar surface area (TPSA) is 283 Å². The number of carboxylic acid groups (broad SMARTS) is 1. The van der Waals surface area contributed by atoms with Gasteiger partial charge in [0.25, 0.3) is 5.91 Å². The number of nitrogens with zero attached hydrogens (tertiary/aromatic N) is 1. The summed E-state index contributed by atoms with van der Waals surface area (Å²) in [7, 11) is -2.53. The van der Waals surface area contributed by atoms with Crippen molar-refractivity contribution in [2.75, 3.05) is 111 Å². The monoisotopic (exact) mass is 984 g/mol. The van der Waals surface area contributed by atoms with Crippen LogP contribution in [0.4, 0.5) is 5.82 Å². The molecule has 22 heteroatoms. The summed E-state index contributed by atoms with van der Waals surface area (Å²) in [6.45, 7) is 6.86. The first-order valence-electron chi connectivity index (χ1n) is 23.1. The lowest BCUT2D eigenvalue weighted by atomic mass is 10.0. The first-order chi connectivity index (χ1) is 33.2. The molecule has 3 aromatic rings. The highest BCUT2D eigenvalue weighted by molar-refractivity contribution is 7.89. The second-order valence-electron chi connectivity index (χ2n) is 16.1. The smallest absolute Gasteiger partial charge is 0.323 e. The van der Waals surface area contributed by atoms with E-state index in [1.165, 1.54) is 17.7 Å². The second kappa shape index (κ2) is 30.7. The molecule has 1 atom stereocenters. The Morgan fingerprint density at radius 3 is 2.01 bits per heavy atom. The number of hydrogen-bond acceptors (Lipinski definition) is 15. The van der Waals surface area contributed by atoms with E-state index >= 15 is 0 Å². The maximum absolute atomic E-state index is 13.5. The number of amides is 4. The maximum atomic E-state index is 13.5. The molecular formula is C47H68N8O13S. The highest BCUT2D eigenvalue weighted by atomic mass is 32.2. The normalized spacial score (nSPS) is 12.6. The molecule has 1 aliphatic rings. The van der Waals surface area contributed by atoms with Crippen molar-refractivity contribution in [2.45, 2.75) is 63.3 Å². The SMILES string of the molecule is CNCCOCCOCC(=O)NCCOCCOCC(=O)NCCNC(=O)CCCOc1cc(C)c(S(=O)(=O)N[C@H](CNC(=O)c2ccc(CCc3ccc4c(n3)NCCC4)cc2)C(=O)O)c(C)c1. The number of nitrogens with one attached hydrogen (secondary N) is 7. The molecule has 0 fully saturated rings. The van der Waals surface area contributed by atoms with Crippen LogP contribution in [0.1, 0.15) is 57.6 Å². The van der Waals surface area contributed by atoms with Crippen LogP contribution in [0.5, 0.6) is 5.75 Å². The van der Waals surface area contributed by atoms with Crippen LogP contribution in [0.25, 0.3) is 0 Å². The number of aliphatic carboxylic acids is 1. The van der Waals surface area contributed by atoms with E-state index in [4.69, 9.17) is 28.7 Å². The number of carbonyl (C=O) groups excluding carboxylic acids is 4. The van der Waals surface area contributed by atoms with Crippen molar-refractivity contribution in [3.8, 4) is 5.75 Å². The summed E-state index contributed by atoms with van der Waals surface area (Å²) in [5.74, 6) is -1.58. The van der Waals surface area contributed by atoms with E-state index in [0.717, 1.165) is 49.4 Å². The molecule has 0 bridgehead atoms. The highest BCUT2D eigenvalue weighted by Gasteiger charge is 2.29. The van der Waals surface area contributed by atoms with Gasteiger partial charge in [0.05, 0.1) is 51.1 Å². The number of aromatic nitrogens is 1. The summed E-state index contributed by atoms with van der Waals surface area (Å²) in [6, 6.07) is 12.4. The minimum absolute atomic E-state index is 0.0674. The number of anilines is 1. The Balaban J connectivity index is 1.05. The zero-order valence-electron chi connectivity index (χ0n) is 39.7. The molecule has 0 unspecified atom stereocenters. The summed E-state index contributed by atoms with van der Waals surface area (Å²) in [4.78, 5) is 65.8. The van der Waals surface area contributed by atoms with Crippen LogP contribution in [-0.4, -0.2) is 160 Å². The number of benzene rings is 2. The van der Waals surface area contributed by atoms with Gasteiger partial charge in [0.2, 0.25) is 27.7 Å². The molecule has 380 valence electrons. The molecule has 2 aromatic carbocycles. The lowest BCUT2D eigenvalue weighted by Crippen LogP contribution is -2.48. The number of rotatable bonds is 34. The first-order valence-corrected chi connectivity index (χ1v) is 24.6. The number of pyridine rings is 1. The van der Waals surface area contributed by atoms with Gasteiger partial charge in [0, 0.05) is 56.9 Å². The van der Waals surface area contributed by atoms with Crippen molar-refractivity contribution in [3.63, 3.8) is 0 Å². The molecule has 1 aromatic heterocycles. The third-order valence-corrected chi connectivity index (χ3v) is 12.2. The number of sulfonamides is 1. The molecule has 1 aliphatic heterocycles. The van der Waals surface area contributed by atoms with E-state index in [-0.39, 0.29) is 81.8 Å². The summed E-state index contributed by atoms with van der Waals surface area (Å²) in [6.07, 6.45) is 4.03. The van der Waals surface area contributed by atoms with E-state index < -0.39 is 34.5 Å². The third kappa shape index (κ3) is 21.2. The summed E-state index contributed by atoms with van der Waals surface area (Å²) in [5, 5.41) is 26.7. The molecule has 21 nitrogen and oxygen atoms in total. The number of likely N-dealkylation sites (N-methyl/N-ethyl adjacent to an activating group) is 1. The fraction of sp³-hybridized carbons (Fsp3) is 0.532. The summed E-state index contributed by atoms with van der Waals surface area (Å²) in [5.41, 5.74) is 4.10. The Labute approximate surface area is 403 Å². The Bertz CT molecular complexity index is 2210. The number of carboxylic acids is 1. The Morgan fingerprint density at radius 1 is 0.739 bits per heavy atom. The van der Waals surface area contributed by atoms with Gasteiger partial charge >= 0.3 is 5.97 Å². The van der Waals surface area contributed by atoms with Gasteiger partial charge in [-0.1, -0.05) is 18.2 Å². The van der Waals surface area contributed by atoms with Crippen LogP contribution in [-0.2, 0) is 67.4 Å². The van der Waals surface area contributed by atoms with Crippen LogP contribution in [0.3, 0.4) is 0 Å². The Kier molecular flexibility index (Phi) is 24.8. The maximum Gasteiger partial charge on any atom is 0.323 e. The van der Waals surface area contributed by atoms with Gasteiger partial charge in [0.1, 0.15) is 30.8 Å². The van der Waals surface area contributed by atoms with Gasteiger partial charge in [-0.3, -0.25) is 24.0 Å². The molecule has 0 saturated heterocycles. The van der Waals surface area contributed by atoms with Crippen LogP contribution in [0.15, 0.2) is 53.4 Å². The molecule has 4 amide bonds. The van der Waals surface area contributed by atoms with E-state index in [0.29, 0.717) is 61.6 Å². The molecule has 4 rings (SSSR count). The first kappa shape index (κ1) is 55.8. The van der Waals surface area contributed by atoms with Crippen molar-refractivity contribution in [1.82, 2.24) is 36.3 Å². The lowest BCUT2D eigenvalue weighted by Gasteiger charge is -2.19. The Hall–Kier alpha value is -5.75. The van der Waals surface area contributed by atoms with Crippen molar-refractivity contribution < 1.29 is 61.2 Å². The van der Waals surface area contributed by atoms with Crippen molar-refractivity contribution in [1.29, 1.82) is 0 Å². The van der Waals surface area contributed by atoms with Crippen molar-refractivity contribution in [2.24, 2.45) is 0 Å². The molecule has 0 radical (unpaired) electrons. The molecule has 8 N–H and O–H groups in total. The molecule has 2 heterocycles. The van der Waals surface area contributed by atoms with Gasteiger partial charge in [-0.05, 0) is 106 Å². The molecule has 0 spiro atoms. The van der Waals surface area contributed by atoms with Crippen molar-refractivity contribution >= 4 is 45.4 Å². The fourth-order valence-electron chi connectivity index (χ4n) is 6.97. The zero-order chi connectivity index (χ0) is 49.9. The number of carbonyl (C=O) groups is 5. The van der Waals surface area contributed by atoms with E-state index in [9.17, 15) is 37.5 Å². The van der Waals surface area contributed by atoms with Gasteiger partial charge in [0.15, 0.2) is 0 Å². The molecule has 0 saturated carbocycles. The zero-order valence-corrected chi connectivity index (χ0v) is 40.6. The summed E-state index contributed by atoms with van der Waals surface area (Å²) >= 11 is 0. The Morgan fingerprint density at radius 2 is 1.36 bits per heavy atom. The van der Waals surface area contributed by atoms with E-state index in [2.05, 4.69) is 42.7 Å². The van der Waals surface area contributed by atoms with Crippen LogP contribution in [0.2, 0.25) is 0 Å². The average molecular weight is 985 g/mol. The number of aryl methyl sites for hydroxylation is 5. The highest BCUT2D eigenvalue weighted by Crippen LogP contribution is 2.26. The molecule has 69 heavy (non-hydrogen) atoms. The van der Waals surface area contributed by atoms with Gasteiger partial charge in [-0.2, -0.15) is 4.72 Å². The van der Waals surface area contributed by atoms with Crippen molar-refractivity contribution in [3.05, 3.63) is 82.0 Å². The predicted molar refractivity (Wildman–Crippen MR) is 256 cm³/mol. The fourth-order valence-corrected chi connectivity index (χ4v) is 8.61. The van der Waals surface area contributed by atoms with Gasteiger partial charge in [-0.25, -0.2) is 13.4 Å². The number of hydrogen-bond donors (Lipinski definition) is 8. The van der Waals surface area contributed by atoms with Crippen LogP contribution in [0, 0.1) is 13.8 Å².